The lowest BCUT2D eigenvalue weighted by Crippen LogP contribution is -2.60. The molecule has 3 saturated carbocycles. The van der Waals surface area contributed by atoms with Gasteiger partial charge in [0.2, 0.25) is 0 Å². The van der Waals surface area contributed by atoms with Crippen molar-refractivity contribution in [2.45, 2.75) is 86.2 Å². The molecule has 3 fully saturated rings. The number of rotatable bonds is 3. The van der Waals surface area contributed by atoms with E-state index in [-0.39, 0.29) is 70.1 Å². The Kier molecular flexibility index (Phi) is 6.53. The van der Waals surface area contributed by atoms with E-state index in [0.717, 1.165) is 49.7 Å². The van der Waals surface area contributed by atoms with E-state index in [1.165, 1.54) is 0 Å². The van der Waals surface area contributed by atoms with Crippen LogP contribution in [0.3, 0.4) is 0 Å². The summed E-state index contributed by atoms with van der Waals surface area (Å²) in [6.45, 7) is 11.1. The molecule has 216 valence electrons. The molecule has 0 radical (unpaired) electrons. The van der Waals surface area contributed by atoms with E-state index < -0.39 is 10.8 Å². The van der Waals surface area contributed by atoms with Crippen LogP contribution in [0.1, 0.15) is 85.1 Å². The van der Waals surface area contributed by atoms with Crippen molar-refractivity contribution >= 4 is 17.5 Å². The van der Waals surface area contributed by atoms with Gasteiger partial charge in [-0.25, -0.2) is 0 Å². The van der Waals surface area contributed by atoms with Gasteiger partial charge in [-0.1, -0.05) is 76.6 Å². The van der Waals surface area contributed by atoms with Crippen molar-refractivity contribution in [3.63, 3.8) is 0 Å². The number of nitrogens with zero attached hydrogens (tertiary/aromatic N) is 1. The Hall–Kier alpha value is -3.00. The van der Waals surface area contributed by atoms with Gasteiger partial charge in [-0.15, -0.1) is 0 Å². The predicted octanol–water partition coefficient (Wildman–Crippen LogP) is 7.17. The molecule has 0 aliphatic heterocycles. The van der Waals surface area contributed by atoms with E-state index in [4.69, 9.17) is 4.74 Å². The normalized spacial score (nSPS) is 40.9. The second kappa shape index (κ2) is 9.51. The SMILES string of the molecule is CC12CCC(C(=O)OCc3ccccc3)CC1C1C(=O)C=C3C4(C)C=C(C#N)C(=O)C(C)(C)C4CCC3(C)C1CC2. The van der Waals surface area contributed by atoms with E-state index in [9.17, 15) is 19.6 Å². The number of esters is 1. The number of fused-ring (bicyclic) bond motifs is 7. The van der Waals surface area contributed by atoms with Gasteiger partial charge >= 0.3 is 5.97 Å². The fourth-order valence-corrected chi connectivity index (χ4v) is 10.3. The summed E-state index contributed by atoms with van der Waals surface area (Å²) in [7, 11) is 0. The maximum atomic E-state index is 14.3. The smallest absolute Gasteiger partial charge is 0.309 e. The van der Waals surface area contributed by atoms with Crippen LogP contribution in [0.15, 0.2) is 53.6 Å². The Morgan fingerprint density at radius 1 is 0.976 bits per heavy atom. The monoisotopic (exact) mass is 553 g/mol. The quantitative estimate of drug-likeness (QED) is 0.371. The van der Waals surface area contributed by atoms with Crippen molar-refractivity contribution in [3.05, 3.63) is 59.2 Å². The first-order valence-electron chi connectivity index (χ1n) is 15.5. The molecule has 0 amide bonds. The van der Waals surface area contributed by atoms with Gasteiger partial charge in [0, 0.05) is 16.7 Å². The molecule has 5 nitrogen and oxygen atoms in total. The number of carbonyl (C=O) groups excluding carboxylic acids is 3. The van der Waals surface area contributed by atoms with E-state index in [1.54, 1.807) is 0 Å². The van der Waals surface area contributed by atoms with Crippen LogP contribution in [0.5, 0.6) is 0 Å². The van der Waals surface area contributed by atoms with Gasteiger partial charge in [-0.3, -0.25) is 14.4 Å². The topological polar surface area (TPSA) is 84.2 Å². The number of hydrogen-bond donors (Lipinski definition) is 0. The van der Waals surface area contributed by atoms with Crippen LogP contribution in [0.2, 0.25) is 0 Å². The van der Waals surface area contributed by atoms with Gasteiger partial charge < -0.3 is 4.74 Å². The number of nitriles is 1. The van der Waals surface area contributed by atoms with Gasteiger partial charge in [0.1, 0.15) is 12.7 Å². The maximum Gasteiger partial charge on any atom is 0.309 e. The lowest BCUT2D eigenvalue weighted by molar-refractivity contribution is -0.160. The number of hydrogen-bond acceptors (Lipinski definition) is 5. The molecule has 8 atom stereocenters. The summed E-state index contributed by atoms with van der Waals surface area (Å²) in [5, 5.41) is 9.87. The largest absolute Gasteiger partial charge is 0.461 e. The summed E-state index contributed by atoms with van der Waals surface area (Å²) in [6, 6.07) is 12.0. The van der Waals surface area contributed by atoms with Gasteiger partial charge in [-0.05, 0) is 85.2 Å². The molecule has 0 N–H and O–H groups in total. The summed E-state index contributed by atoms with van der Waals surface area (Å²) >= 11 is 0. The molecule has 0 aromatic heterocycles. The molecule has 5 heteroatoms. The van der Waals surface area contributed by atoms with E-state index in [0.29, 0.717) is 6.42 Å². The number of carbonyl (C=O) groups is 3. The van der Waals surface area contributed by atoms with E-state index in [1.807, 2.05) is 56.3 Å². The Morgan fingerprint density at radius 3 is 2.39 bits per heavy atom. The first-order chi connectivity index (χ1) is 19.3. The predicted molar refractivity (Wildman–Crippen MR) is 156 cm³/mol. The Labute approximate surface area is 244 Å². The molecule has 6 rings (SSSR count). The first-order valence-corrected chi connectivity index (χ1v) is 15.5. The van der Waals surface area contributed by atoms with E-state index >= 15 is 0 Å². The molecule has 0 heterocycles. The summed E-state index contributed by atoms with van der Waals surface area (Å²) in [6.07, 6.45) is 10.2. The van der Waals surface area contributed by atoms with Crippen LogP contribution >= 0.6 is 0 Å². The molecule has 41 heavy (non-hydrogen) atoms. The molecule has 8 unspecified atom stereocenters. The average Bonchev–Trinajstić information content (AvgIpc) is 2.94. The standard InChI is InChI=1S/C36H43NO4/c1-33(2)28-13-16-35(4)25-12-15-34(3)14-11-23(32(40)41-21-22-9-7-6-8-10-22)17-26(34)30(25)27(38)18-29(35)36(28,5)19-24(20-37)31(33)39/h6-10,18-19,23,25-26,28,30H,11-17,21H2,1-5H3. The molecule has 5 aliphatic rings. The highest BCUT2D eigenvalue weighted by atomic mass is 16.5. The minimum absolute atomic E-state index is 0.0446. The van der Waals surface area contributed by atoms with Crippen LogP contribution in [0, 0.1) is 62.6 Å². The second-order valence-electron chi connectivity index (χ2n) is 15.0. The van der Waals surface area contributed by atoms with Crippen LogP contribution in [0.25, 0.3) is 0 Å². The minimum atomic E-state index is -0.654. The molecule has 5 aliphatic carbocycles. The lowest BCUT2D eigenvalue weighted by atomic mass is 9.39. The summed E-state index contributed by atoms with van der Waals surface area (Å²) in [5.74, 6) is 0.0746. The zero-order chi connectivity index (χ0) is 29.4. The van der Waals surface area contributed by atoms with Crippen molar-refractivity contribution in [2.24, 2.45) is 51.2 Å². The molecule has 0 spiro atoms. The molecule has 1 aromatic carbocycles. The van der Waals surface area contributed by atoms with Crippen LogP contribution in [0.4, 0.5) is 0 Å². The highest BCUT2D eigenvalue weighted by Gasteiger charge is 2.65. The van der Waals surface area contributed by atoms with Crippen molar-refractivity contribution in [1.29, 1.82) is 5.26 Å². The molecule has 0 saturated heterocycles. The number of Topliss-reactive ketones (excluding diaryl/α,β-unsaturated/α-hetero) is 1. The van der Waals surface area contributed by atoms with Crippen molar-refractivity contribution in [2.75, 3.05) is 0 Å². The van der Waals surface area contributed by atoms with Gasteiger partial charge in [0.15, 0.2) is 11.6 Å². The van der Waals surface area contributed by atoms with Crippen LogP contribution in [-0.2, 0) is 25.7 Å². The summed E-state index contributed by atoms with van der Waals surface area (Å²) < 4.78 is 5.77. The third kappa shape index (κ3) is 4.11. The van der Waals surface area contributed by atoms with Gasteiger partial charge in [0.05, 0.1) is 11.5 Å². The lowest BCUT2D eigenvalue weighted by Gasteiger charge is -2.64. The highest BCUT2D eigenvalue weighted by molar-refractivity contribution is 6.04. The van der Waals surface area contributed by atoms with Gasteiger partial charge in [-0.2, -0.15) is 5.26 Å². The fraction of sp³-hybridized carbons (Fsp3) is 0.611. The van der Waals surface area contributed by atoms with Crippen LogP contribution in [-0.4, -0.2) is 17.5 Å². The molecular weight excluding hydrogens is 510 g/mol. The number of allylic oxidation sites excluding steroid dienone is 4. The zero-order valence-electron chi connectivity index (χ0n) is 25.2. The average molecular weight is 554 g/mol. The van der Waals surface area contributed by atoms with Gasteiger partial charge in [0.25, 0.3) is 0 Å². The number of benzene rings is 1. The van der Waals surface area contributed by atoms with Crippen molar-refractivity contribution in [1.82, 2.24) is 0 Å². The third-order valence-corrected chi connectivity index (χ3v) is 12.5. The number of ether oxygens (including phenoxy) is 1. The van der Waals surface area contributed by atoms with E-state index in [2.05, 4.69) is 26.8 Å². The highest BCUT2D eigenvalue weighted by Crippen LogP contribution is 2.69. The second-order valence-corrected chi connectivity index (χ2v) is 15.0. The summed E-state index contributed by atoms with van der Waals surface area (Å²) in [4.78, 5) is 40.7. The minimum Gasteiger partial charge on any atom is -0.461 e. The molecular formula is C36H43NO4. The zero-order valence-corrected chi connectivity index (χ0v) is 25.2. The van der Waals surface area contributed by atoms with Crippen molar-refractivity contribution < 1.29 is 19.1 Å². The fourth-order valence-electron chi connectivity index (χ4n) is 10.3. The maximum absolute atomic E-state index is 14.3. The summed E-state index contributed by atoms with van der Waals surface area (Å²) in [5.41, 5.74) is 1.04. The van der Waals surface area contributed by atoms with Crippen molar-refractivity contribution in [3.8, 4) is 6.07 Å². The number of ketones is 2. The Morgan fingerprint density at radius 2 is 1.68 bits per heavy atom. The molecule has 1 aromatic rings. The Bertz CT molecular complexity index is 1400. The Balaban J connectivity index is 1.32. The van der Waals surface area contributed by atoms with Crippen LogP contribution < -0.4 is 0 Å². The molecule has 0 bridgehead atoms. The first kappa shape index (κ1) is 28.1. The third-order valence-electron chi connectivity index (χ3n) is 12.5.